The van der Waals surface area contributed by atoms with Gasteiger partial charge in [0.05, 0.1) is 11.9 Å². The van der Waals surface area contributed by atoms with Crippen LogP contribution in [0.15, 0.2) is 42.7 Å². The van der Waals surface area contributed by atoms with Gasteiger partial charge in [-0.05, 0) is 37.9 Å². The molecule has 5 heteroatoms. The van der Waals surface area contributed by atoms with E-state index < -0.39 is 0 Å². The van der Waals surface area contributed by atoms with Crippen LogP contribution in [0, 0.1) is 5.92 Å². The average Bonchev–Trinajstić information content (AvgIpc) is 3.10. The van der Waals surface area contributed by atoms with Gasteiger partial charge in [0, 0.05) is 30.9 Å². The van der Waals surface area contributed by atoms with E-state index in [9.17, 15) is 0 Å². The fraction of sp³-hybridized carbons (Fsp3) is 0.438. The molecule has 0 bridgehead atoms. The van der Waals surface area contributed by atoms with Crippen molar-refractivity contribution in [3.63, 3.8) is 0 Å². The molecule has 3 rings (SSSR count). The van der Waals surface area contributed by atoms with Gasteiger partial charge >= 0.3 is 0 Å². The third-order valence-corrected chi connectivity index (χ3v) is 4.12. The molecule has 1 aliphatic rings. The molecule has 2 unspecified atom stereocenters. The Hall–Kier alpha value is -1.36. The highest BCUT2D eigenvalue weighted by atomic mass is 35.5. The van der Waals surface area contributed by atoms with Crippen LogP contribution in [0.4, 0.5) is 0 Å². The number of hydrogen-bond acceptors (Lipinski definition) is 3. The van der Waals surface area contributed by atoms with E-state index >= 15 is 0 Å². The Kier molecular flexibility index (Phi) is 5.39. The van der Waals surface area contributed by atoms with E-state index in [1.165, 1.54) is 12.0 Å². The fourth-order valence-electron chi connectivity index (χ4n) is 2.86. The van der Waals surface area contributed by atoms with E-state index in [2.05, 4.69) is 35.3 Å². The molecule has 2 aromatic rings. The molecule has 1 saturated heterocycles. The molecule has 0 radical (unpaired) electrons. The van der Waals surface area contributed by atoms with Gasteiger partial charge in [0.15, 0.2) is 0 Å². The van der Waals surface area contributed by atoms with Crippen molar-refractivity contribution in [2.75, 3.05) is 13.1 Å². The summed E-state index contributed by atoms with van der Waals surface area (Å²) in [5.41, 5.74) is 8.36. The number of benzene rings is 1. The van der Waals surface area contributed by atoms with Gasteiger partial charge in [0.25, 0.3) is 0 Å². The van der Waals surface area contributed by atoms with Gasteiger partial charge in [-0.25, -0.2) is 4.68 Å². The monoisotopic (exact) mass is 306 g/mol. The zero-order chi connectivity index (χ0) is 13.9. The number of halogens is 1. The minimum atomic E-state index is 0. The molecule has 1 aromatic carbocycles. The SMILES string of the molecule is CC(N)C1CCN(Cc2cnn(-c3ccccc3)c2)C1.Cl. The smallest absolute Gasteiger partial charge is 0.0645 e. The van der Waals surface area contributed by atoms with Gasteiger partial charge in [0.2, 0.25) is 0 Å². The summed E-state index contributed by atoms with van der Waals surface area (Å²) in [5.74, 6) is 0.638. The van der Waals surface area contributed by atoms with Gasteiger partial charge < -0.3 is 5.73 Å². The Labute approximate surface area is 132 Å². The van der Waals surface area contributed by atoms with Crippen LogP contribution in [0.5, 0.6) is 0 Å². The van der Waals surface area contributed by atoms with Gasteiger partial charge in [-0.1, -0.05) is 18.2 Å². The quantitative estimate of drug-likeness (QED) is 0.944. The van der Waals surface area contributed by atoms with Crippen LogP contribution in [0.25, 0.3) is 5.69 Å². The minimum absolute atomic E-state index is 0. The van der Waals surface area contributed by atoms with Crippen LogP contribution >= 0.6 is 12.4 Å². The number of likely N-dealkylation sites (tertiary alicyclic amines) is 1. The highest BCUT2D eigenvalue weighted by Gasteiger charge is 2.25. The Morgan fingerprint density at radius 3 is 2.76 bits per heavy atom. The molecular weight excluding hydrogens is 284 g/mol. The highest BCUT2D eigenvalue weighted by Crippen LogP contribution is 2.20. The first-order chi connectivity index (χ1) is 9.72. The van der Waals surface area contributed by atoms with Crippen molar-refractivity contribution in [2.45, 2.75) is 25.9 Å². The number of aromatic nitrogens is 2. The molecule has 2 heterocycles. The summed E-state index contributed by atoms with van der Waals surface area (Å²) in [6, 6.07) is 10.5. The van der Waals surface area contributed by atoms with Gasteiger partial charge in [0.1, 0.15) is 0 Å². The summed E-state index contributed by atoms with van der Waals surface area (Å²) in [4.78, 5) is 2.47. The van der Waals surface area contributed by atoms with E-state index in [4.69, 9.17) is 5.73 Å². The summed E-state index contributed by atoms with van der Waals surface area (Å²) < 4.78 is 1.94. The first-order valence-electron chi connectivity index (χ1n) is 7.29. The third-order valence-electron chi connectivity index (χ3n) is 4.12. The van der Waals surface area contributed by atoms with Crippen LogP contribution < -0.4 is 5.73 Å². The summed E-state index contributed by atoms with van der Waals surface area (Å²) >= 11 is 0. The molecule has 114 valence electrons. The van der Waals surface area contributed by atoms with Crippen LogP contribution in [0.2, 0.25) is 0 Å². The van der Waals surface area contributed by atoms with E-state index in [0.717, 1.165) is 25.3 Å². The van der Waals surface area contributed by atoms with Crippen molar-refractivity contribution < 1.29 is 0 Å². The second-order valence-corrected chi connectivity index (χ2v) is 5.77. The van der Waals surface area contributed by atoms with Crippen molar-refractivity contribution in [1.29, 1.82) is 0 Å². The topological polar surface area (TPSA) is 47.1 Å². The summed E-state index contributed by atoms with van der Waals surface area (Å²) in [6.07, 6.45) is 5.30. The molecule has 0 amide bonds. The molecule has 2 N–H and O–H groups in total. The third kappa shape index (κ3) is 3.84. The number of para-hydroxylation sites is 1. The molecule has 0 spiro atoms. The molecule has 1 fully saturated rings. The lowest BCUT2D eigenvalue weighted by Crippen LogP contribution is -2.29. The molecule has 1 aromatic heterocycles. The lowest BCUT2D eigenvalue weighted by molar-refractivity contribution is 0.308. The highest BCUT2D eigenvalue weighted by molar-refractivity contribution is 5.85. The van der Waals surface area contributed by atoms with Crippen LogP contribution in [0.1, 0.15) is 18.9 Å². The Balaban J connectivity index is 0.00000161. The van der Waals surface area contributed by atoms with Crippen molar-refractivity contribution in [1.82, 2.24) is 14.7 Å². The van der Waals surface area contributed by atoms with E-state index in [1.54, 1.807) is 0 Å². The standard InChI is InChI=1S/C16H22N4.ClH/c1-13(17)15-7-8-19(12-15)10-14-9-18-20(11-14)16-5-3-2-4-6-16;/h2-6,9,11,13,15H,7-8,10,12,17H2,1H3;1H. The van der Waals surface area contributed by atoms with Crippen LogP contribution in [0.3, 0.4) is 0 Å². The predicted molar refractivity (Wildman–Crippen MR) is 87.8 cm³/mol. The second kappa shape index (κ2) is 7.07. The van der Waals surface area contributed by atoms with E-state index in [1.807, 2.05) is 29.1 Å². The van der Waals surface area contributed by atoms with E-state index in [0.29, 0.717) is 12.0 Å². The zero-order valence-electron chi connectivity index (χ0n) is 12.4. The zero-order valence-corrected chi connectivity index (χ0v) is 13.2. The summed E-state index contributed by atoms with van der Waals surface area (Å²) in [6.45, 7) is 5.33. The maximum absolute atomic E-state index is 5.99. The van der Waals surface area contributed by atoms with Crippen LogP contribution in [-0.4, -0.2) is 33.8 Å². The normalized spacial score (nSPS) is 20.2. The second-order valence-electron chi connectivity index (χ2n) is 5.77. The minimum Gasteiger partial charge on any atom is -0.328 e. The molecule has 0 aliphatic carbocycles. The molecule has 1 aliphatic heterocycles. The lowest BCUT2D eigenvalue weighted by atomic mass is 10.0. The van der Waals surface area contributed by atoms with Crippen LogP contribution in [-0.2, 0) is 6.54 Å². The first-order valence-corrected chi connectivity index (χ1v) is 7.29. The number of hydrogen-bond donors (Lipinski definition) is 1. The maximum Gasteiger partial charge on any atom is 0.0645 e. The number of rotatable bonds is 4. The average molecular weight is 307 g/mol. The van der Waals surface area contributed by atoms with Crippen molar-refractivity contribution in [2.24, 2.45) is 11.7 Å². The Morgan fingerprint density at radius 2 is 2.10 bits per heavy atom. The van der Waals surface area contributed by atoms with Gasteiger partial charge in [-0.15, -0.1) is 12.4 Å². The molecule has 21 heavy (non-hydrogen) atoms. The predicted octanol–water partition coefficient (Wildman–Crippen LogP) is 2.46. The summed E-state index contributed by atoms with van der Waals surface area (Å²) in [5, 5.41) is 4.45. The molecule has 4 nitrogen and oxygen atoms in total. The Morgan fingerprint density at radius 1 is 1.33 bits per heavy atom. The fourth-order valence-corrected chi connectivity index (χ4v) is 2.86. The maximum atomic E-state index is 5.99. The molecule has 0 saturated carbocycles. The molecular formula is C16H23ClN4. The first kappa shape index (κ1) is 16.0. The van der Waals surface area contributed by atoms with Crippen molar-refractivity contribution >= 4 is 12.4 Å². The largest absolute Gasteiger partial charge is 0.328 e. The van der Waals surface area contributed by atoms with Gasteiger partial charge in [-0.2, -0.15) is 5.10 Å². The summed E-state index contributed by atoms with van der Waals surface area (Å²) in [7, 11) is 0. The van der Waals surface area contributed by atoms with Gasteiger partial charge in [-0.3, -0.25) is 4.90 Å². The lowest BCUT2D eigenvalue weighted by Gasteiger charge is -2.16. The number of nitrogens with two attached hydrogens (primary N) is 1. The van der Waals surface area contributed by atoms with Crippen molar-refractivity contribution in [3.05, 3.63) is 48.3 Å². The molecule has 2 atom stereocenters. The Bertz CT molecular complexity index is 552. The van der Waals surface area contributed by atoms with E-state index in [-0.39, 0.29) is 12.4 Å². The van der Waals surface area contributed by atoms with Crippen molar-refractivity contribution in [3.8, 4) is 5.69 Å². The number of nitrogens with zero attached hydrogens (tertiary/aromatic N) is 3.